The Labute approximate surface area is 167 Å². The number of fused-ring (bicyclic) bond motifs is 1. The maximum absolute atomic E-state index is 12.7. The van der Waals surface area contributed by atoms with Gasteiger partial charge in [-0.15, -0.1) is 0 Å². The van der Waals surface area contributed by atoms with Crippen LogP contribution >= 0.6 is 23.4 Å². The number of carbonyl (C=O) groups excluding carboxylic acids is 1. The van der Waals surface area contributed by atoms with Crippen LogP contribution < -0.4 is 15.0 Å². The zero-order chi connectivity index (χ0) is 19.7. The molecular weight excluding hydrogens is 404 g/mol. The molecule has 8 nitrogen and oxygen atoms in total. The van der Waals surface area contributed by atoms with Crippen LogP contribution in [0.25, 0.3) is 16.7 Å². The number of nitrogens with zero attached hydrogens (tertiary/aromatic N) is 2. The summed E-state index contributed by atoms with van der Waals surface area (Å²) in [5.74, 6) is -0.0378. The summed E-state index contributed by atoms with van der Waals surface area (Å²) in [4.78, 5) is 32.4. The number of imidazole rings is 1. The van der Waals surface area contributed by atoms with Gasteiger partial charge in [-0.05, 0) is 28.2 Å². The summed E-state index contributed by atoms with van der Waals surface area (Å²) in [7, 11) is 1.47. The largest absolute Gasteiger partial charge is 0.490 e. The molecule has 0 unspecified atom stereocenters. The maximum atomic E-state index is 12.7. The summed E-state index contributed by atoms with van der Waals surface area (Å²) < 4.78 is 11.4. The molecule has 0 atom stereocenters. The molecule has 0 aliphatic carbocycles. The predicted molar refractivity (Wildman–Crippen MR) is 104 cm³/mol. The number of thioether (sulfide) groups is 1. The molecule has 10 heteroatoms. The summed E-state index contributed by atoms with van der Waals surface area (Å²) >= 11 is 7.18. The summed E-state index contributed by atoms with van der Waals surface area (Å²) in [6.45, 7) is 0. The lowest BCUT2D eigenvalue weighted by Crippen LogP contribution is -2.41. The molecule has 0 fully saturated rings. The topological polar surface area (TPSA) is 105 Å². The van der Waals surface area contributed by atoms with Crippen molar-refractivity contribution in [3.63, 3.8) is 0 Å². The van der Waals surface area contributed by atoms with Crippen LogP contribution in [0, 0.1) is 0 Å². The van der Waals surface area contributed by atoms with E-state index in [2.05, 4.69) is 15.2 Å². The van der Waals surface area contributed by atoms with Gasteiger partial charge in [0.15, 0.2) is 10.9 Å². The third kappa shape index (κ3) is 3.41. The number of hydrogen-bond donors (Lipinski definition) is 2. The van der Waals surface area contributed by atoms with Gasteiger partial charge in [-0.25, -0.2) is 9.78 Å². The normalized spacial score (nSPS) is 11.1. The second kappa shape index (κ2) is 7.53. The summed E-state index contributed by atoms with van der Waals surface area (Å²) in [6, 6.07) is 12.4. The molecule has 0 spiro atoms. The Kier molecular flexibility index (Phi) is 4.93. The molecule has 0 bridgehead atoms. The first-order valence-corrected chi connectivity index (χ1v) is 9.51. The van der Waals surface area contributed by atoms with Crippen molar-refractivity contribution in [2.75, 3.05) is 12.9 Å². The number of ketones is 1. The number of ether oxygens (including phenoxy) is 1. The molecule has 0 saturated heterocycles. The third-order valence-electron chi connectivity index (χ3n) is 4.00. The van der Waals surface area contributed by atoms with E-state index in [4.69, 9.17) is 20.9 Å². The fourth-order valence-corrected chi connectivity index (χ4v) is 3.63. The molecule has 2 heterocycles. The molecule has 2 N–H and O–H groups in total. The van der Waals surface area contributed by atoms with Crippen molar-refractivity contribution < 1.29 is 18.7 Å². The van der Waals surface area contributed by atoms with Gasteiger partial charge < -0.3 is 9.72 Å². The SMILES string of the molecule is COc1cc(Cl)ccc1-[n+]1[nH]oc(=O)c1C(=O)CSc1nc2ccccc2[nH]1. The Hall–Kier alpha value is -3.04. The highest BCUT2D eigenvalue weighted by molar-refractivity contribution is 7.99. The van der Waals surface area contributed by atoms with Crippen LogP contribution in [0.5, 0.6) is 5.75 Å². The highest BCUT2D eigenvalue weighted by Gasteiger charge is 2.32. The van der Waals surface area contributed by atoms with E-state index in [0.29, 0.717) is 21.6 Å². The van der Waals surface area contributed by atoms with E-state index in [9.17, 15) is 9.59 Å². The van der Waals surface area contributed by atoms with Gasteiger partial charge in [-0.2, -0.15) is 0 Å². The number of carbonyl (C=O) groups is 1. The molecule has 0 saturated carbocycles. The van der Waals surface area contributed by atoms with E-state index >= 15 is 0 Å². The molecule has 142 valence electrons. The molecule has 0 radical (unpaired) electrons. The average molecular weight is 418 g/mol. The number of rotatable bonds is 6. The Morgan fingerprint density at radius 2 is 2.14 bits per heavy atom. The fourth-order valence-electron chi connectivity index (χ4n) is 2.72. The van der Waals surface area contributed by atoms with E-state index < -0.39 is 11.4 Å². The zero-order valence-electron chi connectivity index (χ0n) is 14.6. The van der Waals surface area contributed by atoms with E-state index in [1.54, 1.807) is 18.2 Å². The fraction of sp³-hybridized carbons (Fsp3) is 0.111. The number of nitrogens with one attached hydrogen (secondary N) is 2. The van der Waals surface area contributed by atoms with Crippen molar-refractivity contribution in [3.8, 4) is 11.4 Å². The van der Waals surface area contributed by atoms with Gasteiger partial charge >= 0.3 is 11.3 Å². The molecule has 4 aromatic rings. The maximum Gasteiger partial charge on any atom is 0.438 e. The molecule has 0 aliphatic heterocycles. The zero-order valence-corrected chi connectivity index (χ0v) is 16.1. The Bertz CT molecular complexity index is 1200. The number of aromatic nitrogens is 4. The van der Waals surface area contributed by atoms with Crippen molar-refractivity contribution >= 4 is 40.2 Å². The van der Waals surface area contributed by atoms with Crippen LogP contribution in [0.1, 0.15) is 10.5 Å². The first-order valence-electron chi connectivity index (χ1n) is 8.15. The lowest BCUT2D eigenvalue weighted by Gasteiger charge is -2.02. The van der Waals surface area contributed by atoms with E-state index in [-0.39, 0.29) is 11.4 Å². The molecule has 0 amide bonds. The van der Waals surface area contributed by atoms with Crippen molar-refractivity contribution in [2.24, 2.45) is 0 Å². The van der Waals surface area contributed by atoms with Gasteiger partial charge in [-0.3, -0.25) is 9.32 Å². The second-order valence-electron chi connectivity index (χ2n) is 5.75. The lowest BCUT2D eigenvalue weighted by atomic mass is 10.2. The molecule has 0 aliphatic rings. The van der Waals surface area contributed by atoms with Crippen molar-refractivity contribution in [1.82, 2.24) is 15.2 Å². The van der Waals surface area contributed by atoms with Crippen LogP contribution in [0.3, 0.4) is 0 Å². The van der Waals surface area contributed by atoms with E-state index in [0.717, 1.165) is 11.0 Å². The Morgan fingerprint density at radius 3 is 2.93 bits per heavy atom. The molecule has 4 rings (SSSR count). The Balaban J connectivity index is 1.62. The van der Waals surface area contributed by atoms with Crippen molar-refractivity contribution in [2.45, 2.75) is 5.16 Å². The van der Waals surface area contributed by atoms with Crippen LogP contribution in [0.15, 0.2) is 56.9 Å². The summed E-state index contributed by atoms with van der Waals surface area (Å²) in [5, 5.41) is 3.48. The smallest absolute Gasteiger partial charge is 0.438 e. The number of hydrogen-bond acceptors (Lipinski definition) is 6. The quantitative estimate of drug-likeness (QED) is 0.284. The number of aromatic amines is 2. The van der Waals surface area contributed by atoms with Gasteiger partial charge in [0.05, 0.1) is 23.9 Å². The average Bonchev–Trinajstić information content (AvgIpc) is 3.29. The number of halogens is 1. The predicted octanol–water partition coefficient (Wildman–Crippen LogP) is 2.76. The number of H-pyrrole nitrogens is 2. The molecular formula is C18H14ClN4O4S+. The van der Waals surface area contributed by atoms with Crippen LogP contribution in [-0.4, -0.2) is 33.9 Å². The molecule has 2 aromatic carbocycles. The minimum absolute atomic E-state index is 0.00165. The molecule has 2 aromatic heterocycles. The first kappa shape index (κ1) is 18.3. The van der Waals surface area contributed by atoms with E-state index in [1.165, 1.54) is 23.6 Å². The highest BCUT2D eigenvalue weighted by atomic mass is 35.5. The van der Waals surface area contributed by atoms with Gasteiger partial charge in [0.2, 0.25) is 5.78 Å². The molecule has 28 heavy (non-hydrogen) atoms. The van der Waals surface area contributed by atoms with Crippen LogP contribution in [0.2, 0.25) is 5.02 Å². The van der Waals surface area contributed by atoms with Crippen molar-refractivity contribution in [1.29, 1.82) is 0 Å². The monoisotopic (exact) mass is 417 g/mol. The van der Waals surface area contributed by atoms with Crippen molar-refractivity contribution in [3.05, 3.63) is 63.6 Å². The van der Waals surface area contributed by atoms with E-state index in [1.807, 2.05) is 24.3 Å². The third-order valence-corrected chi connectivity index (χ3v) is 5.11. The minimum atomic E-state index is -0.771. The second-order valence-corrected chi connectivity index (χ2v) is 7.15. The van der Waals surface area contributed by atoms with Crippen LogP contribution in [-0.2, 0) is 0 Å². The number of methoxy groups -OCH3 is 1. The van der Waals surface area contributed by atoms with Gasteiger partial charge in [0.25, 0.3) is 5.69 Å². The highest BCUT2D eigenvalue weighted by Crippen LogP contribution is 2.23. The first-order chi connectivity index (χ1) is 13.6. The Morgan fingerprint density at radius 1 is 1.32 bits per heavy atom. The minimum Gasteiger partial charge on any atom is -0.490 e. The van der Waals surface area contributed by atoms with Crippen LogP contribution in [0.4, 0.5) is 0 Å². The number of Topliss-reactive ketones (excluding diaryl/α,β-unsaturated/α-hetero) is 1. The number of benzene rings is 2. The summed E-state index contributed by atoms with van der Waals surface area (Å²) in [5.41, 5.74) is 1.19. The lowest BCUT2D eigenvalue weighted by molar-refractivity contribution is -0.672. The van der Waals surface area contributed by atoms with Gasteiger partial charge in [0, 0.05) is 17.2 Å². The number of para-hydroxylation sites is 2. The van der Waals surface area contributed by atoms with Gasteiger partial charge in [0.1, 0.15) is 0 Å². The standard InChI is InChI=1S/C18H13ClN4O4S/c1-26-15-8-10(19)6-7-13(15)23-16(17(25)27-22-23)14(24)9-28-18-20-11-4-2-3-5-12(11)21-18/h2-8H,9H2,1H3,(H-,20,21,22,24,25)/p+1. The summed E-state index contributed by atoms with van der Waals surface area (Å²) in [6.07, 6.45) is 0. The van der Waals surface area contributed by atoms with Gasteiger partial charge in [-0.1, -0.05) is 35.5 Å².